The first kappa shape index (κ1) is 21.1. The molecule has 0 saturated carbocycles. The highest BCUT2D eigenvalue weighted by Gasteiger charge is 2.29. The Morgan fingerprint density at radius 2 is 2.03 bits per heavy atom. The van der Waals surface area contributed by atoms with Crippen LogP contribution < -0.4 is 0 Å². The molecule has 0 aliphatic carbocycles. The van der Waals surface area contributed by atoms with Gasteiger partial charge in [0, 0.05) is 29.8 Å². The van der Waals surface area contributed by atoms with Crippen LogP contribution >= 0.6 is 15.9 Å². The minimum Gasteiger partial charge on any atom is -0.343 e. The lowest BCUT2D eigenvalue weighted by Gasteiger charge is -2.34. The van der Waals surface area contributed by atoms with Crippen LogP contribution in [0.4, 0.5) is 0 Å². The molecule has 1 saturated heterocycles. The van der Waals surface area contributed by atoms with E-state index in [1.807, 2.05) is 24.1 Å². The number of amides is 1. The Hall–Kier alpha value is -2.18. The molecule has 6 heteroatoms. The highest BCUT2D eigenvalue weighted by Crippen LogP contribution is 2.26. The Morgan fingerprint density at radius 3 is 2.80 bits per heavy atom. The van der Waals surface area contributed by atoms with Crippen molar-refractivity contribution in [3.8, 4) is 5.69 Å². The molecule has 1 aliphatic heterocycles. The van der Waals surface area contributed by atoms with Gasteiger partial charge in [-0.2, -0.15) is 0 Å². The lowest BCUT2D eigenvalue weighted by molar-refractivity contribution is -0.137. The van der Waals surface area contributed by atoms with Crippen molar-refractivity contribution in [2.45, 2.75) is 39.3 Å². The van der Waals surface area contributed by atoms with Crippen molar-refractivity contribution in [1.82, 2.24) is 19.4 Å². The van der Waals surface area contributed by atoms with E-state index in [-0.39, 0.29) is 17.9 Å². The number of carbonyl (C=O) groups excluding carboxylic acids is 1. The van der Waals surface area contributed by atoms with Gasteiger partial charge in [0.15, 0.2) is 0 Å². The second-order valence-electron chi connectivity index (χ2n) is 8.45. The topological polar surface area (TPSA) is 41.4 Å². The van der Waals surface area contributed by atoms with Crippen LogP contribution in [0.3, 0.4) is 0 Å². The Morgan fingerprint density at radius 1 is 1.23 bits per heavy atom. The summed E-state index contributed by atoms with van der Waals surface area (Å²) in [7, 11) is 1.92. The van der Waals surface area contributed by atoms with Crippen LogP contribution in [0, 0.1) is 5.92 Å². The molecule has 30 heavy (non-hydrogen) atoms. The largest absolute Gasteiger partial charge is 0.343 e. The molecule has 1 amide bonds. The molecule has 2 heterocycles. The standard InChI is InChI=1S/C24H29BrN4O/c1-17(2)27(3)24(30)18-8-7-13-28(15-18)16-23-26-21-11-4-5-12-22(21)29(23)20-10-6-9-19(25)14-20/h4-6,9-12,14,17-18H,7-8,13,15-16H2,1-3H3/t18-/m1/s1. The first-order valence-corrected chi connectivity index (χ1v) is 11.4. The van der Waals surface area contributed by atoms with E-state index >= 15 is 0 Å². The van der Waals surface area contributed by atoms with Crippen LogP contribution in [-0.2, 0) is 11.3 Å². The second kappa shape index (κ2) is 8.90. The van der Waals surface area contributed by atoms with Crippen molar-refractivity contribution < 1.29 is 4.79 Å². The Bertz CT molecular complexity index is 1040. The number of aromatic nitrogens is 2. The zero-order valence-electron chi connectivity index (χ0n) is 17.9. The van der Waals surface area contributed by atoms with Crippen molar-refractivity contribution in [2.24, 2.45) is 5.92 Å². The Balaban J connectivity index is 1.62. The smallest absolute Gasteiger partial charge is 0.226 e. The number of benzene rings is 2. The molecule has 0 spiro atoms. The molecule has 3 aromatic rings. The average molecular weight is 469 g/mol. The van der Waals surface area contributed by atoms with E-state index in [2.05, 4.69) is 75.6 Å². The maximum atomic E-state index is 12.9. The summed E-state index contributed by atoms with van der Waals surface area (Å²) in [5.41, 5.74) is 3.20. The van der Waals surface area contributed by atoms with Gasteiger partial charge in [0.2, 0.25) is 5.91 Å². The van der Waals surface area contributed by atoms with E-state index in [1.165, 1.54) is 0 Å². The number of carbonyl (C=O) groups is 1. The Kier molecular flexibility index (Phi) is 6.25. The van der Waals surface area contributed by atoms with Crippen molar-refractivity contribution in [3.05, 3.63) is 58.8 Å². The first-order valence-electron chi connectivity index (χ1n) is 10.7. The molecule has 0 bridgehead atoms. The van der Waals surface area contributed by atoms with Crippen molar-refractivity contribution >= 4 is 32.9 Å². The molecule has 0 unspecified atom stereocenters. The Labute approximate surface area is 186 Å². The van der Waals surface area contributed by atoms with Gasteiger partial charge in [0.05, 0.1) is 23.5 Å². The van der Waals surface area contributed by atoms with Crippen LogP contribution in [0.15, 0.2) is 53.0 Å². The van der Waals surface area contributed by atoms with E-state index in [0.29, 0.717) is 0 Å². The number of para-hydroxylation sites is 2. The number of fused-ring (bicyclic) bond motifs is 1. The number of hydrogen-bond donors (Lipinski definition) is 0. The predicted molar refractivity (Wildman–Crippen MR) is 125 cm³/mol. The molecular weight excluding hydrogens is 440 g/mol. The molecule has 1 aliphatic rings. The van der Waals surface area contributed by atoms with E-state index in [0.717, 1.165) is 59.5 Å². The molecule has 0 N–H and O–H groups in total. The zero-order valence-corrected chi connectivity index (χ0v) is 19.5. The molecule has 1 atom stereocenters. The summed E-state index contributed by atoms with van der Waals surface area (Å²) >= 11 is 3.60. The van der Waals surface area contributed by atoms with Crippen molar-refractivity contribution in [3.63, 3.8) is 0 Å². The minimum atomic E-state index is 0.0647. The highest BCUT2D eigenvalue weighted by atomic mass is 79.9. The third kappa shape index (κ3) is 4.30. The van der Waals surface area contributed by atoms with Crippen molar-refractivity contribution in [2.75, 3.05) is 20.1 Å². The van der Waals surface area contributed by atoms with Gasteiger partial charge >= 0.3 is 0 Å². The molecule has 0 radical (unpaired) electrons. The van der Waals surface area contributed by atoms with Crippen molar-refractivity contribution in [1.29, 1.82) is 0 Å². The summed E-state index contributed by atoms with van der Waals surface area (Å²) in [6.07, 6.45) is 2.01. The summed E-state index contributed by atoms with van der Waals surface area (Å²) in [6.45, 7) is 6.66. The summed E-state index contributed by atoms with van der Waals surface area (Å²) in [5.74, 6) is 1.34. The normalized spacial score (nSPS) is 17.6. The third-order valence-corrected chi connectivity index (χ3v) is 6.53. The van der Waals surface area contributed by atoms with Gasteiger partial charge < -0.3 is 4.90 Å². The fourth-order valence-corrected chi connectivity index (χ4v) is 4.62. The van der Waals surface area contributed by atoms with Gasteiger partial charge in [-0.3, -0.25) is 14.3 Å². The van der Waals surface area contributed by atoms with E-state index < -0.39 is 0 Å². The molecule has 4 rings (SSSR count). The zero-order chi connectivity index (χ0) is 21.3. The average Bonchev–Trinajstić information content (AvgIpc) is 3.10. The summed E-state index contributed by atoms with van der Waals surface area (Å²) in [4.78, 5) is 22.1. The van der Waals surface area contributed by atoms with Gasteiger partial charge in [-0.1, -0.05) is 34.1 Å². The maximum absolute atomic E-state index is 12.9. The number of halogens is 1. The number of imidazole rings is 1. The molecular formula is C24H29BrN4O. The summed E-state index contributed by atoms with van der Waals surface area (Å²) in [5, 5.41) is 0. The molecule has 1 aromatic heterocycles. The number of nitrogens with zero attached hydrogens (tertiary/aromatic N) is 4. The second-order valence-corrected chi connectivity index (χ2v) is 9.36. The van der Waals surface area contributed by atoms with Gasteiger partial charge in [0.25, 0.3) is 0 Å². The summed E-state index contributed by atoms with van der Waals surface area (Å²) in [6, 6.07) is 16.8. The quantitative estimate of drug-likeness (QED) is 0.536. The van der Waals surface area contributed by atoms with Gasteiger partial charge in [0.1, 0.15) is 5.82 Å². The van der Waals surface area contributed by atoms with Gasteiger partial charge in [-0.25, -0.2) is 4.98 Å². The van der Waals surface area contributed by atoms with Gasteiger partial charge in [-0.15, -0.1) is 0 Å². The van der Waals surface area contributed by atoms with E-state index in [1.54, 1.807) is 0 Å². The number of likely N-dealkylation sites (tertiary alicyclic amines) is 1. The fourth-order valence-electron chi connectivity index (χ4n) is 4.23. The molecule has 2 aromatic carbocycles. The lowest BCUT2D eigenvalue weighted by Crippen LogP contribution is -2.45. The van der Waals surface area contributed by atoms with Crippen LogP contribution in [0.25, 0.3) is 16.7 Å². The highest BCUT2D eigenvalue weighted by molar-refractivity contribution is 9.10. The predicted octanol–water partition coefficient (Wildman–Crippen LogP) is 4.87. The monoisotopic (exact) mass is 468 g/mol. The molecule has 1 fully saturated rings. The van der Waals surface area contributed by atoms with Crippen LogP contribution in [0.5, 0.6) is 0 Å². The van der Waals surface area contributed by atoms with E-state index in [4.69, 9.17) is 4.98 Å². The number of hydrogen-bond acceptors (Lipinski definition) is 3. The first-order chi connectivity index (χ1) is 14.4. The SMILES string of the molecule is CC(C)N(C)C(=O)[C@@H]1CCCN(Cc2nc3ccccc3n2-c2cccc(Br)c2)C1. The van der Waals surface area contributed by atoms with E-state index in [9.17, 15) is 4.79 Å². The van der Waals surface area contributed by atoms with Gasteiger partial charge in [-0.05, 0) is 63.6 Å². The fraction of sp³-hybridized carbons (Fsp3) is 0.417. The third-order valence-electron chi connectivity index (χ3n) is 6.04. The van der Waals surface area contributed by atoms with Crippen LogP contribution in [0.1, 0.15) is 32.5 Å². The molecule has 158 valence electrons. The summed E-state index contributed by atoms with van der Waals surface area (Å²) < 4.78 is 3.29. The minimum absolute atomic E-state index is 0.0647. The van der Waals surface area contributed by atoms with Crippen LogP contribution in [-0.4, -0.2) is 51.4 Å². The molecule has 5 nitrogen and oxygen atoms in total. The lowest BCUT2D eigenvalue weighted by atomic mass is 9.96. The number of piperidine rings is 1. The van der Waals surface area contributed by atoms with Crippen LogP contribution in [0.2, 0.25) is 0 Å². The number of rotatable bonds is 5. The maximum Gasteiger partial charge on any atom is 0.226 e.